The lowest BCUT2D eigenvalue weighted by molar-refractivity contribution is -0.132. The zero-order chi connectivity index (χ0) is 9.52. The zero-order valence-corrected chi connectivity index (χ0v) is 8.73. The van der Waals surface area contributed by atoms with Crippen LogP contribution in [0.2, 0.25) is 0 Å². The number of carbonyl (C=O) groups excluding carboxylic acids is 1. The molecule has 0 aliphatic heterocycles. The zero-order valence-electron chi connectivity index (χ0n) is 7.10. The molecule has 1 aromatic rings. The van der Waals surface area contributed by atoms with Crippen molar-refractivity contribution in [2.24, 2.45) is 0 Å². The minimum Gasteiger partial charge on any atom is -0.379 e. The molecule has 0 fully saturated rings. The van der Waals surface area contributed by atoms with Gasteiger partial charge in [0.2, 0.25) is 0 Å². The molecule has 0 amide bonds. The second-order valence-corrected chi connectivity index (χ2v) is 3.92. The Bertz CT molecular complexity index is 266. The smallest absolute Gasteiger partial charge is 0.318 e. The van der Waals surface area contributed by atoms with E-state index < -0.39 is 0 Å². The van der Waals surface area contributed by atoms with Gasteiger partial charge in [-0.05, 0) is 12.1 Å². The van der Waals surface area contributed by atoms with E-state index in [1.807, 2.05) is 18.2 Å². The van der Waals surface area contributed by atoms with E-state index in [1.54, 1.807) is 13.1 Å². The highest BCUT2D eigenvalue weighted by Crippen LogP contribution is 2.29. The van der Waals surface area contributed by atoms with Gasteiger partial charge in [0.25, 0.3) is 0 Å². The SMILES string of the molecule is CCC(=O)OSSc1ccccn1. The minimum absolute atomic E-state index is 0.214. The van der Waals surface area contributed by atoms with Crippen molar-refractivity contribution in [2.45, 2.75) is 18.4 Å². The van der Waals surface area contributed by atoms with Gasteiger partial charge in [0.15, 0.2) is 0 Å². The third-order valence-electron chi connectivity index (χ3n) is 1.17. The molecule has 0 saturated carbocycles. The van der Waals surface area contributed by atoms with Crippen LogP contribution in [0, 0.1) is 0 Å². The third kappa shape index (κ3) is 4.19. The van der Waals surface area contributed by atoms with Crippen LogP contribution >= 0.6 is 21.9 Å². The highest BCUT2D eigenvalue weighted by molar-refractivity contribution is 8.75. The van der Waals surface area contributed by atoms with Gasteiger partial charge in [-0.25, -0.2) is 4.98 Å². The summed E-state index contributed by atoms with van der Waals surface area (Å²) in [5.41, 5.74) is 0. The van der Waals surface area contributed by atoms with Crippen LogP contribution in [0.5, 0.6) is 0 Å². The van der Waals surface area contributed by atoms with Crippen LogP contribution in [0.25, 0.3) is 0 Å². The predicted octanol–water partition coefficient (Wildman–Crippen LogP) is 2.69. The van der Waals surface area contributed by atoms with E-state index in [0.717, 1.165) is 16.1 Å². The van der Waals surface area contributed by atoms with Gasteiger partial charge < -0.3 is 4.18 Å². The molecule has 0 saturated heterocycles. The lowest BCUT2D eigenvalue weighted by Gasteiger charge is -1.98. The van der Waals surface area contributed by atoms with Crippen LogP contribution in [0.1, 0.15) is 13.3 Å². The van der Waals surface area contributed by atoms with E-state index in [1.165, 1.54) is 10.8 Å². The van der Waals surface area contributed by atoms with Crippen molar-refractivity contribution in [3.8, 4) is 0 Å². The second kappa shape index (κ2) is 5.88. The number of rotatable bonds is 4. The van der Waals surface area contributed by atoms with E-state index in [0.29, 0.717) is 6.42 Å². The summed E-state index contributed by atoms with van der Waals surface area (Å²) in [5, 5.41) is 0.830. The van der Waals surface area contributed by atoms with Crippen molar-refractivity contribution < 1.29 is 8.98 Å². The number of nitrogens with zero attached hydrogens (tertiary/aromatic N) is 1. The minimum atomic E-state index is -0.214. The first-order valence-corrected chi connectivity index (χ1v) is 5.85. The second-order valence-electron chi connectivity index (χ2n) is 2.13. The Morgan fingerprint density at radius 1 is 1.62 bits per heavy atom. The lowest BCUT2D eigenvalue weighted by atomic mass is 10.5. The maximum atomic E-state index is 10.7. The molecule has 0 radical (unpaired) electrons. The molecule has 1 aromatic heterocycles. The third-order valence-corrected chi connectivity index (χ3v) is 2.83. The number of carbonyl (C=O) groups is 1. The fraction of sp³-hybridized carbons (Fsp3) is 0.250. The first kappa shape index (κ1) is 10.4. The lowest BCUT2D eigenvalue weighted by Crippen LogP contribution is -1.93. The average molecular weight is 215 g/mol. The van der Waals surface area contributed by atoms with Gasteiger partial charge in [0, 0.05) is 23.4 Å². The monoisotopic (exact) mass is 215 g/mol. The highest BCUT2D eigenvalue weighted by atomic mass is 33.1. The van der Waals surface area contributed by atoms with Crippen molar-refractivity contribution in [3.05, 3.63) is 24.4 Å². The topological polar surface area (TPSA) is 39.2 Å². The number of hydrogen-bond acceptors (Lipinski definition) is 5. The molecular weight excluding hydrogens is 206 g/mol. The fourth-order valence-corrected chi connectivity index (χ4v) is 1.92. The Labute approximate surface area is 84.9 Å². The Balaban J connectivity index is 2.24. The molecule has 3 nitrogen and oxygen atoms in total. The molecule has 1 rings (SSSR count). The van der Waals surface area contributed by atoms with Crippen molar-refractivity contribution in [1.82, 2.24) is 4.98 Å². The summed E-state index contributed by atoms with van der Waals surface area (Å²) in [5.74, 6) is -0.214. The van der Waals surface area contributed by atoms with Crippen molar-refractivity contribution in [3.63, 3.8) is 0 Å². The predicted molar refractivity (Wildman–Crippen MR) is 54.1 cm³/mol. The van der Waals surface area contributed by atoms with E-state index in [2.05, 4.69) is 4.98 Å². The number of aromatic nitrogens is 1. The summed E-state index contributed by atoms with van der Waals surface area (Å²) in [7, 11) is 1.33. The van der Waals surface area contributed by atoms with Crippen LogP contribution in [0.4, 0.5) is 0 Å². The molecule has 5 heteroatoms. The van der Waals surface area contributed by atoms with Gasteiger partial charge in [-0.3, -0.25) is 4.79 Å². The average Bonchev–Trinajstić information content (AvgIpc) is 2.19. The van der Waals surface area contributed by atoms with Crippen molar-refractivity contribution in [1.29, 1.82) is 0 Å². The molecule has 1 heterocycles. The first-order valence-electron chi connectivity index (χ1n) is 3.78. The molecule has 0 N–H and O–H groups in total. The van der Waals surface area contributed by atoms with Gasteiger partial charge in [-0.15, -0.1) is 0 Å². The molecule has 70 valence electrons. The summed E-state index contributed by atoms with van der Waals surface area (Å²) in [6.07, 6.45) is 2.10. The molecule has 0 aliphatic carbocycles. The molecule has 13 heavy (non-hydrogen) atoms. The highest BCUT2D eigenvalue weighted by Gasteiger charge is 2.00. The van der Waals surface area contributed by atoms with E-state index in [9.17, 15) is 4.79 Å². The molecular formula is C8H9NO2S2. The summed E-state index contributed by atoms with van der Waals surface area (Å²) < 4.78 is 4.80. The Morgan fingerprint density at radius 2 is 2.46 bits per heavy atom. The largest absolute Gasteiger partial charge is 0.379 e. The van der Waals surface area contributed by atoms with Crippen LogP contribution in [-0.4, -0.2) is 11.0 Å². The summed E-state index contributed by atoms with van der Waals surface area (Å²) >= 11 is 1.04. The normalized spacial score (nSPS) is 9.62. The number of pyridine rings is 1. The van der Waals surface area contributed by atoms with Gasteiger partial charge in [0.1, 0.15) is 16.1 Å². The quantitative estimate of drug-likeness (QED) is 0.570. The molecule has 0 aromatic carbocycles. The van der Waals surface area contributed by atoms with E-state index >= 15 is 0 Å². The molecule has 0 aliphatic rings. The standard InChI is InChI=1S/C8H9NO2S2/c1-2-8(10)11-13-12-7-5-3-4-6-9-7/h3-6H,2H2,1H3. The fourth-order valence-electron chi connectivity index (χ4n) is 0.545. The maximum Gasteiger partial charge on any atom is 0.318 e. The molecule has 0 spiro atoms. The first-order chi connectivity index (χ1) is 6.33. The van der Waals surface area contributed by atoms with Gasteiger partial charge >= 0.3 is 5.97 Å². The Morgan fingerprint density at radius 3 is 3.08 bits per heavy atom. The van der Waals surface area contributed by atoms with Gasteiger partial charge in [0.05, 0.1) is 0 Å². The molecule has 0 bridgehead atoms. The summed E-state index contributed by atoms with van der Waals surface area (Å²) in [6.45, 7) is 1.76. The van der Waals surface area contributed by atoms with Crippen LogP contribution in [0.15, 0.2) is 29.4 Å². The Kier molecular flexibility index (Phi) is 4.70. The van der Waals surface area contributed by atoms with Gasteiger partial charge in [-0.1, -0.05) is 13.0 Å². The molecule has 0 atom stereocenters. The number of hydrogen-bond donors (Lipinski definition) is 0. The van der Waals surface area contributed by atoms with Crippen molar-refractivity contribution in [2.75, 3.05) is 0 Å². The van der Waals surface area contributed by atoms with Crippen LogP contribution < -0.4 is 0 Å². The molecule has 0 unspecified atom stereocenters. The van der Waals surface area contributed by atoms with E-state index in [-0.39, 0.29) is 5.97 Å². The van der Waals surface area contributed by atoms with Crippen LogP contribution in [-0.2, 0) is 8.98 Å². The van der Waals surface area contributed by atoms with Gasteiger partial charge in [-0.2, -0.15) is 0 Å². The summed E-state index contributed by atoms with van der Waals surface area (Å²) in [4.78, 5) is 14.8. The van der Waals surface area contributed by atoms with Crippen LogP contribution in [0.3, 0.4) is 0 Å². The summed E-state index contributed by atoms with van der Waals surface area (Å²) in [6, 6.07) is 5.59. The maximum absolute atomic E-state index is 10.7. The van der Waals surface area contributed by atoms with E-state index in [4.69, 9.17) is 4.18 Å². The van der Waals surface area contributed by atoms with Crippen molar-refractivity contribution >= 4 is 27.8 Å². The Hall–Kier alpha value is -0.680.